The number of hydrogen-bond acceptors (Lipinski definition) is 6. The smallest absolute Gasteiger partial charge is 0.387 e. The van der Waals surface area contributed by atoms with E-state index >= 15 is 0 Å². The lowest BCUT2D eigenvalue weighted by Gasteiger charge is -2.23. The number of aromatic nitrogens is 1. The van der Waals surface area contributed by atoms with Crippen LogP contribution in [0.25, 0.3) is 22.2 Å². The minimum absolute atomic E-state index is 0.0697. The standard InChI is InChI=1S/C25H24FNO5P/c1-5-32-21(29)14-20(28)25(33(30)31-4)23-22(15(2)3)18-8-6-7-9-19(18)27-24(23)16-10-12-17(26)13-11-16/h1,6-13,15,20,25,28H,14H2,2-4H3/q+1. The Morgan fingerprint density at radius 1 is 1.18 bits per heavy atom. The molecule has 0 saturated heterocycles. The zero-order valence-electron chi connectivity index (χ0n) is 18.5. The SMILES string of the molecule is C#COC(=O)CC(O)C(c1c(-c2ccc(F)cc2)nc2ccccc2c1C(C)C)[P+](=O)OC. The van der Waals surface area contributed by atoms with Crippen LogP contribution in [0.1, 0.15) is 43.0 Å². The summed E-state index contributed by atoms with van der Waals surface area (Å²) in [6.07, 6.45) is 4.87. The van der Waals surface area contributed by atoms with Crippen molar-refractivity contribution >= 4 is 24.9 Å². The van der Waals surface area contributed by atoms with Gasteiger partial charge in [-0.3, -0.25) is 4.79 Å². The lowest BCUT2D eigenvalue weighted by molar-refractivity contribution is -0.139. The van der Waals surface area contributed by atoms with Gasteiger partial charge in [-0.15, -0.1) is 4.52 Å². The van der Waals surface area contributed by atoms with E-state index in [1.165, 1.54) is 19.2 Å². The summed E-state index contributed by atoms with van der Waals surface area (Å²) in [6, 6.07) is 13.2. The molecule has 0 spiro atoms. The maximum Gasteiger partial charge on any atom is 0.518 e. The van der Waals surface area contributed by atoms with Crippen molar-refractivity contribution in [1.29, 1.82) is 0 Å². The van der Waals surface area contributed by atoms with Crippen molar-refractivity contribution in [2.24, 2.45) is 0 Å². The number of ether oxygens (including phenoxy) is 1. The first kappa shape index (κ1) is 24.5. The van der Waals surface area contributed by atoms with Crippen molar-refractivity contribution in [3.8, 4) is 23.8 Å². The van der Waals surface area contributed by atoms with Gasteiger partial charge in [0.15, 0.2) is 0 Å². The summed E-state index contributed by atoms with van der Waals surface area (Å²) >= 11 is 0. The average Bonchev–Trinajstić information content (AvgIpc) is 2.78. The Kier molecular flexibility index (Phi) is 7.88. The fraction of sp³-hybridized carbons (Fsp3) is 0.280. The van der Waals surface area contributed by atoms with Gasteiger partial charge in [-0.25, -0.2) is 9.37 Å². The Hall–Kier alpha value is -3.17. The quantitative estimate of drug-likeness (QED) is 0.268. The Labute approximate surface area is 192 Å². The summed E-state index contributed by atoms with van der Waals surface area (Å²) in [5.41, 5.74) is 1.84. The molecule has 3 rings (SSSR count). The Morgan fingerprint density at radius 3 is 2.45 bits per heavy atom. The van der Waals surface area contributed by atoms with E-state index in [-0.39, 0.29) is 5.92 Å². The highest BCUT2D eigenvalue weighted by Crippen LogP contribution is 2.51. The summed E-state index contributed by atoms with van der Waals surface area (Å²) in [6.45, 7) is 3.94. The molecule has 3 aromatic rings. The molecular formula is C25H24FNO5P+. The summed E-state index contributed by atoms with van der Waals surface area (Å²) < 4.78 is 36.5. The van der Waals surface area contributed by atoms with E-state index in [9.17, 15) is 18.9 Å². The van der Waals surface area contributed by atoms with E-state index in [1.54, 1.807) is 18.2 Å². The fourth-order valence-corrected chi connectivity index (χ4v) is 5.03. The minimum Gasteiger partial charge on any atom is -0.387 e. The molecule has 0 fully saturated rings. The molecule has 6 nitrogen and oxygen atoms in total. The van der Waals surface area contributed by atoms with Crippen molar-refractivity contribution in [3.63, 3.8) is 0 Å². The van der Waals surface area contributed by atoms with Gasteiger partial charge in [0.05, 0.1) is 24.7 Å². The van der Waals surface area contributed by atoms with Gasteiger partial charge < -0.3 is 9.84 Å². The number of aliphatic hydroxyl groups excluding tert-OH is 1. The number of benzene rings is 2. The van der Waals surface area contributed by atoms with Crippen LogP contribution in [0.2, 0.25) is 0 Å². The zero-order chi connectivity index (χ0) is 24.1. The van der Waals surface area contributed by atoms with E-state index in [4.69, 9.17) is 15.9 Å². The van der Waals surface area contributed by atoms with Gasteiger partial charge in [0.2, 0.25) is 5.66 Å². The van der Waals surface area contributed by atoms with Crippen molar-refractivity contribution in [3.05, 3.63) is 65.5 Å². The zero-order valence-corrected chi connectivity index (χ0v) is 19.4. The van der Waals surface area contributed by atoms with E-state index in [2.05, 4.69) is 4.74 Å². The number of pyridine rings is 1. The number of hydrogen-bond donors (Lipinski definition) is 1. The van der Waals surface area contributed by atoms with Crippen LogP contribution in [0.4, 0.5) is 4.39 Å². The Bertz CT molecular complexity index is 1220. The fourth-order valence-electron chi connectivity index (χ4n) is 3.94. The van der Waals surface area contributed by atoms with Crippen LogP contribution in [-0.4, -0.2) is 29.3 Å². The number of nitrogens with zero attached hydrogens (tertiary/aromatic N) is 1. The number of halogens is 1. The summed E-state index contributed by atoms with van der Waals surface area (Å²) in [7, 11) is -1.22. The first-order valence-corrected chi connectivity index (χ1v) is 11.5. The van der Waals surface area contributed by atoms with Gasteiger partial charge >= 0.3 is 14.0 Å². The molecule has 0 bridgehead atoms. The topological polar surface area (TPSA) is 85.7 Å². The number of esters is 1. The lowest BCUT2D eigenvalue weighted by atomic mass is 9.86. The van der Waals surface area contributed by atoms with Crippen LogP contribution in [0.5, 0.6) is 0 Å². The van der Waals surface area contributed by atoms with Gasteiger partial charge in [0.1, 0.15) is 18.0 Å². The third-order valence-electron chi connectivity index (χ3n) is 5.28. The van der Waals surface area contributed by atoms with Crippen LogP contribution in [0, 0.1) is 18.3 Å². The molecule has 3 atom stereocenters. The van der Waals surface area contributed by atoms with Gasteiger partial charge in [-0.2, -0.15) is 0 Å². The van der Waals surface area contributed by atoms with Gasteiger partial charge in [-0.1, -0.05) is 38.5 Å². The maximum atomic E-state index is 13.7. The predicted molar refractivity (Wildman–Crippen MR) is 124 cm³/mol. The van der Waals surface area contributed by atoms with Gasteiger partial charge in [0.25, 0.3) is 0 Å². The molecule has 0 amide bonds. The lowest BCUT2D eigenvalue weighted by Crippen LogP contribution is -2.23. The second kappa shape index (κ2) is 10.6. The average molecular weight is 468 g/mol. The van der Waals surface area contributed by atoms with Crippen molar-refractivity contribution < 1.29 is 28.1 Å². The summed E-state index contributed by atoms with van der Waals surface area (Å²) in [4.78, 5) is 16.8. The van der Waals surface area contributed by atoms with Crippen LogP contribution in [0.15, 0.2) is 48.5 Å². The molecule has 3 unspecified atom stereocenters. The molecule has 2 aromatic carbocycles. The van der Waals surface area contributed by atoms with Gasteiger partial charge in [0, 0.05) is 16.5 Å². The van der Waals surface area contributed by atoms with Crippen LogP contribution in [-0.2, 0) is 18.6 Å². The molecule has 0 radical (unpaired) electrons. The number of fused-ring (bicyclic) bond motifs is 1. The molecule has 0 aliphatic heterocycles. The van der Waals surface area contributed by atoms with Crippen LogP contribution in [0.3, 0.4) is 0 Å². The van der Waals surface area contributed by atoms with Crippen molar-refractivity contribution in [2.45, 2.75) is 37.9 Å². The highest BCUT2D eigenvalue weighted by Gasteiger charge is 2.45. The highest BCUT2D eigenvalue weighted by molar-refractivity contribution is 7.39. The minimum atomic E-state index is -2.48. The largest absolute Gasteiger partial charge is 0.518 e. The molecule has 8 heteroatoms. The third-order valence-corrected chi connectivity index (χ3v) is 6.70. The van der Waals surface area contributed by atoms with E-state index in [0.29, 0.717) is 22.3 Å². The number of carbonyl (C=O) groups excluding carboxylic acids is 1. The Morgan fingerprint density at radius 2 is 1.85 bits per heavy atom. The number of carbonyl (C=O) groups is 1. The van der Waals surface area contributed by atoms with Crippen LogP contribution < -0.4 is 0 Å². The van der Waals surface area contributed by atoms with E-state index in [1.807, 2.05) is 38.1 Å². The van der Waals surface area contributed by atoms with E-state index < -0.39 is 38.0 Å². The second-order valence-electron chi connectivity index (χ2n) is 7.74. The molecule has 1 aromatic heterocycles. The highest BCUT2D eigenvalue weighted by atomic mass is 31.1. The number of terminal acetylenes is 1. The molecule has 0 aliphatic rings. The number of para-hydroxylation sites is 1. The van der Waals surface area contributed by atoms with Crippen molar-refractivity contribution in [2.75, 3.05) is 7.11 Å². The maximum absolute atomic E-state index is 13.7. The molecule has 170 valence electrons. The molecule has 0 saturated carbocycles. The summed E-state index contributed by atoms with van der Waals surface area (Å²) in [5.74, 6) is -1.32. The van der Waals surface area contributed by atoms with Crippen molar-refractivity contribution in [1.82, 2.24) is 4.98 Å². The first-order chi connectivity index (χ1) is 15.8. The third kappa shape index (κ3) is 5.26. The molecular weight excluding hydrogens is 444 g/mol. The number of aliphatic hydroxyl groups is 1. The van der Waals surface area contributed by atoms with E-state index in [0.717, 1.165) is 10.9 Å². The second-order valence-corrected chi connectivity index (χ2v) is 9.23. The molecule has 1 N–H and O–H groups in total. The Balaban J connectivity index is 2.37. The summed E-state index contributed by atoms with van der Waals surface area (Å²) in [5, 5.41) is 11.8. The van der Waals surface area contributed by atoms with Gasteiger partial charge in [-0.05, 0) is 46.4 Å². The number of rotatable bonds is 8. The predicted octanol–water partition coefficient (Wildman–Crippen LogP) is 5.48. The normalized spacial score (nSPS) is 13.4. The van der Waals surface area contributed by atoms with Crippen LogP contribution >= 0.6 is 8.03 Å². The molecule has 33 heavy (non-hydrogen) atoms. The molecule has 0 aliphatic carbocycles. The first-order valence-electron chi connectivity index (χ1n) is 10.3. The monoisotopic (exact) mass is 468 g/mol. The molecule has 1 heterocycles.